The van der Waals surface area contributed by atoms with E-state index in [0.29, 0.717) is 48.5 Å². The highest BCUT2D eigenvalue weighted by Crippen LogP contribution is 2.47. The van der Waals surface area contributed by atoms with Crippen LogP contribution in [0.25, 0.3) is 0 Å². The minimum Gasteiger partial charge on any atom is -0.356 e. The maximum Gasteiger partial charge on any atom is 0.275 e. The number of carbonyl (C=O) groups is 1. The van der Waals surface area contributed by atoms with Gasteiger partial charge in [-0.15, -0.1) is 5.11 Å². The van der Waals surface area contributed by atoms with Crippen LogP contribution in [0.15, 0.2) is 76.4 Å². The molecule has 1 aliphatic carbocycles. The molecule has 1 fully saturated rings. The minimum absolute atomic E-state index is 0.269. The average Bonchev–Trinajstić information content (AvgIpc) is 2.82. The van der Waals surface area contributed by atoms with Crippen LogP contribution < -0.4 is 10.2 Å². The molecule has 0 radical (unpaired) electrons. The molecule has 0 N–H and O–H groups in total. The first-order valence-corrected chi connectivity index (χ1v) is 13.0. The Morgan fingerprint density at radius 3 is 2.73 bits per heavy atom. The first-order chi connectivity index (χ1) is 15.9. The Balaban J connectivity index is 1.38. The van der Waals surface area contributed by atoms with Crippen molar-refractivity contribution in [1.82, 2.24) is 9.97 Å². The van der Waals surface area contributed by atoms with E-state index < -0.39 is 18.9 Å². The Kier molecular flexibility index (Phi) is 5.81. The van der Waals surface area contributed by atoms with Gasteiger partial charge in [0.25, 0.3) is 5.91 Å². The van der Waals surface area contributed by atoms with Crippen LogP contribution in [0.2, 0.25) is 5.15 Å². The lowest BCUT2D eigenvalue weighted by molar-refractivity contribution is -0.120. The number of fused-ring (bicyclic) bond motifs is 1. The summed E-state index contributed by atoms with van der Waals surface area (Å²) in [5, 5.41) is 8.48. The molecule has 1 atom stereocenters. The zero-order valence-electron chi connectivity index (χ0n) is 17.6. The third-order valence-corrected chi connectivity index (χ3v) is 9.39. The molecule has 1 amide bonds. The lowest BCUT2D eigenvalue weighted by atomic mass is 9.89. The van der Waals surface area contributed by atoms with E-state index in [0.717, 1.165) is 11.1 Å². The Hall–Kier alpha value is -2.96. The van der Waals surface area contributed by atoms with Gasteiger partial charge in [-0.3, -0.25) is 4.79 Å². The van der Waals surface area contributed by atoms with Gasteiger partial charge in [0.15, 0.2) is 0 Å². The standard InChI is InChI=1S/C23H20ClFN5O2P/c24-21-13-22(27-14-26-21)30-7-9-33(32,10-8-30)20-12-15(5-6-18(20)25)11-19-16-3-1-2-4-17(16)23(31)29-28-19/h1-6,12-14,17H,7-11H2. The van der Waals surface area contributed by atoms with Crippen molar-refractivity contribution < 1.29 is 13.8 Å². The predicted octanol–water partition coefficient (Wildman–Crippen LogP) is 4.31. The van der Waals surface area contributed by atoms with Gasteiger partial charge in [-0.2, -0.15) is 5.11 Å². The summed E-state index contributed by atoms with van der Waals surface area (Å²) in [7, 11) is -2.93. The number of benzene rings is 1. The Morgan fingerprint density at radius 2 is 1.94 bits per heavy atom. The van der Waals surface area contributed by atoms with Gasteiger partial charge in [0.1, 0.15) is 30.3 Å². The second-order valence-corrected chi connectivity index (χ2v) is 11.7. The van der Waals surface area contributed by atoms with Gasteiger partial charge < -0.3 is 9.46 Å². The molecule has 2 aliphatic heterocycles. The molecule has 0 spiro atoms. The lowest BCUT2D eigenvalue weighted by Gasteiger charge is -2.33. The van der Waals surface area contributed by atoms with Crippen molar-refractivity contribution >= 4 is 35.8 Å². The monoisotopic (exact) mass is 483 g/mol. The van der Waals surface area contributed by atoms with Crippen molar-refractivity contribution in [1.29, 1.82) is 0 Å². The highest BCUT2D eigenvalue weighted by Gasteiger charge is 2.34. The normalized spacial score (nSPS) is 21.5. The molecule has 0 bridgehead atoms. The van der Waals surface area contributed by atoms with Crippen molar-refractivity contribution in [2.45, 2.75) is 6.42 Å². The molecule has 2 aromatic rings. The van der Waals surface area contributed by atoms with Gasteiger partial charge >= 0.3 is 0 Å². The number of aromatic nitrogens is 2. The number of hydrogen-bond acceptors (Lipinski definition) is 6. The summed E-state index contributed by atoms with van der Waals surface area (Å²) in [5.41, 5.74) is 2.24. The SMILES string of the molecule is O=C1N=NC(Cc2ccc(F)c(P3(=O)CCN(c4cc(Cl)ncn4)CC3)c2)=C2C=CC=CC12. The van der Waals surface area contributed by atoms with Gasteiger partial charge in [0, 0.05) is 43.2 Å². The summed E-state index contributed by atoms with van der Waals surface area (Å²) in [6.45, 7) is 0.970. The van der Waals surface area contributed by atoms with Crippen molar-refractivity contribution in [2.24, 2.45) is 16.1 Å². The highest BCUT2D eigenvalue weighted by atomic mass is 35.5. The molecule has 10 heteroatoms. The molecule has 33 heavy (non-hydrogen) atoms. The van der Waals surface area contributed by atoms with Crippen LogP contribution in [0.1, 0.15) is 5.56 Å². The molecule has 3 aliphatic rings. The zero-order valence-corrected chi connectivity index (χ0v) is 19.2. The number of halogens is 2. The molecule has 1 saturated heterocycles. The van der Waals surface area contributed by atoms with E-state index in [4.69, 9.17) is 11.6 Å². The molecular weight excluding hydrogens is 464 g/mol. The summed E-state index contributed by atoms with van der Waals surface area (Å²) in [6.07, 6.45) is 9.77. The zero-order chi connectivity index (χ0) is 23.0. The third-order valence-electron chi connectivity index (χ3n) is 6.12. The molecule has 1 unspecified atom stereocenters. The maximum atomic E-state index is 14.8. The van der Waals surface area contributed by atoms with Crippen LogP contribution in [0.3, 0.4) is 0 Å². The fourth-order valence-corrected chi connectivity index (χ4v) is 7.17. The van der Waals surface area contributed by atoms with Crippen LogP contribution in [0.5, 0.6) is 0 Å². The summed E-state index contributed by atoms with van der Waals surface area (Å²) in [6, 6.07) is 6.39. The van der Waals surface area contributed by atoms with E-state index in [-0.39, 0.29) is 11.2 Å². The molecular formula is C23H20ClFN5O2P. The van der Waals surface area contributed by atoms with Gasteiger partial charge in [0.2, 0.25) is 0 Å². The molecule has 168 valence electrons. The number of anilines is 1. The van der Waals surface area contributed by atoms with Gasteiger partial charge in [-0.05, 0) is 23.3 Å². The van der Waals surface area contributed by atoms with E-state index in [1.165, 1.54) is 12.4 Å². The van der Waals surface area contributed by atoms with E-state index in [2.05, 4.69) is 20.2 Å². The number of amides is 1. The summed E-state index contributed by atoms with van der Waals surface area (Å²) >= 11 is 5.96. The molecule has 3 heterocycles. The third kappa shape index (κ3) is 4.33. The molecule has 1 aromatic carbocycles. The fourth-order valence-electron chi connectivity index (χ4n) is 4.33. The van der Waals surface area contributed by atoms with E-state index in [1.807, 2.05) is 23.1 Å². The van der Waals surface area contributed by atoms with E-state index in [9.17, 15) is 13.8 Å². The Labute approximate surface area is 195 Å². The van der Waals surface area contributed by atoms with Crippen LogP contribution in [0.4, 0.5) is 10.2 Å². The molecule has 0 saturated carbocycles. The van der Waals surface area contributed by atoms with Gasteiger partial charge in [-0.1, -0.05) is 42.0 Å². The first-order valence-electron chi connectivity index (χ1n) is 10.6. The number of carbonyl (C=O) groups excluding carboxylic acids is 1. The van der Waals surface area contributed by atoms with Gasteiger partial charge in [-0.25, -0.2) is 14.4 Å². The first kappa shape index (κ1) is 21.9. The summed E-state index contributed by atoms with van der Waals surface area (Å²) < 4.78 is 28.6. The fraction of sp³-hybridized carbons (Fsp3) is 0.261. The van der Waals surface area contributed by atoms with Crippen molar-refractivity contribution in [3.05, 3.63) is 82.7 Å². The van der Waals surface area contributed by atoms with Crippen LogP contribution in [-0.2, 0) is 15.8 Å². The molecule has 5 rings (SSSR count). The van der Waals surface area contributed by atoms with Gasteiger partial charge in [0.05, 0.1) is 11.6 Å². The van der Waals surface area contributed by atoms with Crippen molar-refractivity contribution in [2.75, 3.05) is 30.3 Å². The van der Waals surface area contributed by atoms with Crippen LogP contribution in [0, 0.1) is 11.7 Å². The molecule has 7 nitrogen and oxygen atoms in total. The second-order valence-electron chi connectivity index (χ2n) is 8.15. The van der Waals surface area contributed by atoms with Crippen LogP contribution >= 0.6 is 18.7 Å². The number of rotatable bonds is 4. The largest absolute Gasteiger partial charge is 0.356 e. The predicted molar refractivity (Wildman–Crippen MR) is 125 cm³/mol. The minimum atomic E-state index is -2.93. The molecule has 1 aromatic heterocycles. The van der Waals surface area contributed by atoms with E-state index in [1.54, 1.807) is 24.3 Å². The lowest BCUT2D eigenvalue weighted by Crippen LogP contribution is -2.38. The maximum absolute atomic E-state index is 14.8. The number of allylic oxidation sites excluding steroid dienone is 4. The topological polar surface area (TPSA) is 87.9 Å². The highest BCUT2D eigenvalue weighted by molar-refractivity contribution is 7.71. The summed E-state index contributed by atoms with van der Waals surface area (Å²) in [5.74, 6) is -0.516. The average molecular weight is 484 g/mol. The quantitative estimate of drug-likeness (QED) is 0.477. The Bertz CT molecular complexity index is 1290. The van der Waals surface area contributed by atoms with Crippen molar-refractivity contribution in [3.8, 4) is 0 Å². The smallest absolute Gasteiger partial charge is 0.275 e. The number of nitrogens with zero attached hydrogens (tertiary/aromatic N) is 5. The van der Waals surface area contributed by atoms with E-state index >= 15 is 0 Å². The van der Waals surface area contributed by atoms with Crippen LogP contribution in [-0.4, -0.2) is 41.3 Å². The Morgan fingerprint density at radius 1 is 1.12 bits per heavy atom. The summed E-state index contributed by atoms with van der Waals surface area (Å²) in [4.78, 5) is 22.1. The second kappa shape index (κ2) is 8.76. The van der Waals surface area contributed by atoms with Crippen molar-refractivity contribution in [3.63, 3.8) is 0 Å². The number of azo groups is 1. The number of hydrogen-bond donors (Lipinski definition) is 0.